The molecule has 69 heavy (non-hydrogen) atoms. The summed E-state index contributed by atoms with van der Waals surface area (Å²) in [5.74, 6) is 2.53. The van der Waals surface area contributed by atoms with E-state index in [4.69, 9.17) is 9.72 Å². The molecule has 0 atom stereocenters. The third-order valence-corrected chi connectivity index (χ3v) is 15.2. The SMILES string of the molecule is Cc1ccnc(N2CCCc3c(-c4cc(C(C)(C)C)cc(C(C)(C)C)c4)cc(Oc4cccc(-n5[c](=[Pt])n(-c6c(-c7ccccc7)c(C)c(C)c(C)c6-c6ccccc6)c6ccccc65)c4)cc32)c1. The molecule has 0 fully saturated rings. The standard InChI is InChI=1S/C63H62N4O.Pt/c1-41-30-31-64-58(33-41)65-32-20-27-53-54(47-34-48(62(5,6)7)36-49(35-47)63(8,9)10)38-52(39-57(53)65)68-51-26-19-25-50(37-51)66-40-67(56-29-18-17-28-55(56)66)61-59(45-21-13-11-14-22-45)43(3)42(2)44(4)60(61)46-23-15-12-16-24-46;/h11-19,21-26,28-31,33-39H,20,27,32H2,1-10H3;. The number of anilines is 2. The van der Waals surface area contributed by atoms with Crippen LogP contribution in [0.4, 0.5) is 11.5 Å². The summed E-state index contributed by atoms with van der Waals surface area (Å²) < 4.78 is 13.1. The first-order valence-corrected chi connectivity index (χ1v) is 25.4. The summed E-state index contributed by atoms with van der Waals surface area (Å²) in [6.45, 7) is 23.8. The van der Waals surface area contributed by atoms with Crippen LogP contribution in [-0.4, -0.2) is 20.7 Å². The summed E-state index contributed by atoms with van der Waals surface area (Å²) in [5.41, 5.74) is 21.9. The molecular formula is C63H62N4OPt. The van der Waals surface area contributed by atoms with E-state index in [-0.39, 0.29) is 10.8 Å². The Morgan fingerprint density at radius 2 is 1.14 bits per heavy atom. The van der Waals surface area contributed by atoms with Crippen molar-refractivity contribution in [3.05, 3.63) is 201 Å². The van der Waals surface area contributed by atoms with Gasteiger partial charge in [-0.15, -0.1) is 0 Å². The molecule has 9 aromatic rings. The molecule has 0 saturated carbocycles. The fraction of sp³-hybridized carbons (Fsp3) is 0.238. The molecule has 0 radical (unpaired) electrons. The molecule has 0 unspecified atom stereocenters. The number of aromatic nitrogens is 3. The van der Waals surface area contributed by atoms with Crippen molar-refractivity contribution in [3.8, 4) is 56.3 Å². The Morgan fingerprint density at radius 1 is 0.551 bits per heavy atom. The van der Waals surface area contributed by atoms with E-state index < -0.39 is 0 Å². The number of nitrogens with zero attached hydrogens (tertiary/aromatic N) is 4. The van der Waals surface area contributed by atoms with E-state index >= 15 is 0 Å². The summed E-state index contributed by atoms with van der Waals surface area (Å²) in [7, 11) is 0. The Hall–Kier alpha value is -6.55. The van der Waals surface area contributed by atoms with Gasteiger partial charge < -0.3 is 0 Å². The molecule has 2 aromatic heterocycles. The van der Waals surface area contributed by atoms with Crippen LogP contribution >= 0.6 is 0 Å². The van der Waals surface area contributed by atoms with Crippen molar-refractivity contribution in [1.29, 1.82) is 0 Å². The molecule has 0 spiro atoms. The molecule has 3 heterocycles. The van der Waals surface area contributed by atoms with Gasteiger partial charge in [-0.1, -0.05) is 47.6 Å². The van der Waals surface area contributed by atoms with Gasteiger partial charge in [0.15, 0.2) is 0 Å². The van der Waals surface area contributed by atoms with Gasteiger partial charge in [0.2, 0.25) is 0 Å². The molecule has 5 nitrogen and oxygen atoms in total. The zero-order valence-electron chi connectivity index (χ0n) is 41.6. The Morgan fingerprint density at radius 3 is 1.74 bits per heavy atom. The summed E-state index contributed by atoms with van der Waals surface area (Å²) in [6, 6.07) is 55.2. The van der Waals surface area contributed by atoms with Gasteiger partial charge in [-0.05, 0) is 29.4 Å². The molecule has 0 amide bonds. The topological polar surface area (TPSA) is 35.2 Å². The Balaban J connectivity index is 1.16. The van der Waals surface area contributed by atoms with Crippen molar-refractivity contribution in [2.45, 2.75) is 92.9 Å². The van der Waals surface area contributed by atoms with Crippen molar-refractivity contribution >= 4 is 22.5 Å². The number of hydrogen-bond acceptors (Lipinski definition) is 3. The van der Waals surface area contributed by atoms with E-state index in [9.17, 15) is 0 Å². The number of ether oxygens (including phenoxy) is 1. The minimum absolute atomic E-state index is 0.0240. The number of benzene rings is 7. The van der Waals surface area contributed by atoms with Crippen molar-refractivity contribution in [2.75, 3.05) is 11.4 Å². The number of pyridine rings is 1. The zero-order valence-corrected chi connectivity index (χ0v) is 43.9. The van der Waals surface area contributed by atoms with E-state index in [0.717, 1.165) is 62.9 Å². The molecule has 0 bridgehead atoms. The van der Waals surface area contributed by atoms with Crippen LogP contribution in [0.15, 0.2) is 158 Å². The normalized spacial score (nSPS) is 13.0. The van der Waals surface area contributed by atoms with Crippen LogP contribution in [0.3, 0.4) is 0 Å². The zero-order chi connectivity index (χ0) is 48.4. The molecule has 1 aliphatic rings. The molecule has 6 heteroatoms. The van der Waals surface area contributed by atoms with Crippen molar-refractivity contribution in [2.24, 2.45) is 0 Å². The number of rotatable bonds is 8. The first-order chi connectivity index (χ1) is 33.1. The van der Waals surface area contributed by atoms with Gasteiger partial charge in [0, 0.05) is 6.20 Å². The van der Waals surface area contributed by atoms with Crippen molar-refractivity contribution in [1.82, 2.24) is 14.1 Å². The summed E-state index contributed by atoms with van der Waals surface area (Å²) in [5, 5.41) is 0. The van der Waals surface area contributed by atoms with Gasteiger partial charge in [0.25, 0.3) is 0 Å². The first-order valence-electron chi connectivity index (χ1n) is 24.3. The van der Waals surface area contributed by atoms with Crippen LogP contribution in [0.1, 0.15) is 86.9 Å². The quantitative estimate of drug-likeness (QED) is 0.152. The molecule has 350 valence electrons. The maximum absolute atomic E-state index is 7.14. The van der Waals surface area contributed by atoms with Crippen molar-refractivity contribution < 1.29 is 24.1 Å². The number of fused-ring (bicyclic) bond motifs is 2. The van der Waals surface area contributed by atoms with Gasteiger partial charge >= 0.3 is 339 Å². The predicted octanol–water partition coefficient (Wildman–Crippen LogP) is 16.6. The maximum atomic E-state index is 7.14. The van der Waals surface area contributed by atoms with Gasteiger partial charge in [-0.2, -0.15) is 0 Å². The van der Waals surface area contributed by atoms with Crippen LogP contribution in [-0.2, 0) is 36.6 Å². The number of para-hydroxylation sites is 2. The number of hydrogen-bond donors (Lipinski definition) is 0. The fourth-order valence-corrected chi connectivity index (χ4v) is 11.3. The third kappa shape index (κ3) is 8.65. The Kier molecular flexibility index (Phi) is 12.1. The average Bonchev–Trinajstić information content (AvgIpc) is 3.63. The fourth-order valence-electron chi connectivity index (χ4n) is 10.2. The second-order valence-corrected chi connectivity index (χ2v) is 21.9. The Labute approximate surface area is 419 Å². The summed E-state index contributed by atoms with van der Waals surface area (Å²) in [4.78, 5) is 7.31. The monoisotopic (exact) mass is 1090 g/mol. The summed E-state index contributed by atoms with van der Waals surface area (Å²) in [6.07, 6.45) is 3.94. The van der Waals surface area contributed by atoms with Gasteiger partial charge in [-0.25, -0.2) is 0 Å². The van der Waals surface area contributed by atoms with Crippen molar-refractivity contribution in [3.63, 3.8) is 0 Å². The van der Waals surface area contributed by atoms with Crippen LogP contribution in [0.25, 0.3) is 55.8 Å². The van der Waals surface area contributed by atoms with Crippen LogP contribution in [0.5, 0.6) is 11.5 Å². The van der Waals surface area contributed by atoms with Crippen LogP contribution in [0, 0.1) is 31.5 Å². The second kappa shape index (κ2) is 18.1. The minimum atomic E-state index is -0.0240. The van der Waals surface area contributed by atoms with Gasteiger partial charge in [0.1, 0.15) is 0 Å². The van der Waals surface area contributed by atoms with E-state index in [1.165, 1.54) is 78.0 Å². The third-order valence-electron chi connectivity index (χ3n) is 14.2. The Bertz CT molecular complexity index is 3380. The molecule has 0 N–H and O–H groups in total. The van der Waals surface area contributed by atoms with Gasteiger partial charge in [-0.3, -0.25) is 0 Å². The molecule has 7 aromatic carbocycles. The first kappa shape index (κ1) is 46.2. The molecule has 0 saturated heterocycles. The van der Waals surface area contributed by atoms with Gasteiger partial charge in [0.05, 0.1) is 0 Å². The van der Waals surface area contributed by atoms with E-state index in [1.807, 2.05) is 6.20 Å². The molecule has 10 rings (SSSR count). The summed E-state index contributed by atoms with van der Waals surface area (Å²) >= 11 is 2.55. The van der Waals surface area contributed by atoms with E-state index in [1.54, 1.807) is 0 Å². The van der Waals surface area contributed by atoms with E-state index in [0.29, 0.717) is 0 Å². The molecule has 0 aliphatic carbocycles. The number of aryl methyl sites for hydroxylation is 1. The van der Waals surface area contributed by atoms with Crippen LogP contribution in [0.2, 0.25) is 0 Å². The predicted molar refractivity (Wildman–Crippen MR) is 285 cm³/mol. The van der Waals surface area contributed by atoms with E-state index in [2.05, 4.69) is 254 Å². The second-order valence-electron chi connectivity index (χ2n) is 20.9. The molecule has 1 aliphatic heterocycles. The van der Waals surface area contributed by atoms with Crippen LogP contribution < -0.4 is 9.64 Å². The number of imidazole rings is 1. The average molecular weight is 1090 g/mol. The molecular weight excluding hydrogens is 1020 g/mol.